The Morgan fingerprint density at radius 3 is 2.31 bits per heavy atom. The summed E-state index contributed by atoms with van der Waals surface area (Å²) >= 11 is 0. The first kappa shape index (κ1) is 22.7. The zero-order chi connectivity index (χ0) is 21.6. The quantitative estimate of drug-likeness (QED) is 0.674. The zero-order valence-corrected chi connectivity index (χ0v) is 18.5. The van der Waals surface area contributed by atoms with E-state index in [1.165, 1.54) is 12.7 Å². The molecule has 7 heteroatoms. The Morgan fingerprint density at radius 1 is 1.14 bits per heavy atom. The second-order valence-corrected chi connectivity index (χ2v) is 8.87. The maximum Gasteiger partial charge on any atom is 0.244 e. The first-order valence-corrected chi connectivity index (χ1v) is 11.6. The van der Waals surface area contributed by atoms with E-state index < -0.39 is 16.1 Å². The van der Waals surface area contributed by atoms with Gasteiger partial charge in [-0.05, 0) is 43.0 Å². The molecule has 1 amide bonds. The molecule has 0 fully saturated rings. The maximum absolute atomic E-state index is 13.0. The summed E-state index contributed by atoms with van der Waals surface area (Å²) in [5.41, 5.74) is 2.59. The number of aryl methyl sites for hydroxylation is 1. The van der Waals surface area contributed by atoms with Gasteiger partial charge in [-0.1, -0.05) is 44.2 Å². The van der Waals surface area contributed by atoms with E-state index in [0.29, 0.717) is 17.9 Å². The van der Waals surface area contributed by atoms with Gasteiger partial charge in [0.2, 0.25) is 15.9 Å². The number of carbonyl (C=O) groups excluding carboxylic acids is 1. The second kappa shape index (κ2) is 9.78. The van der Waals surface area contributed by atoms with E-state index in [2.05, 4.69) is 12.2 Å². The van der Waals surface area contributed by atoms with Gasteiger partial charge in [-0.2, -0.15) is 0 Å². The number of amides is 1. The fourth-order valence-corrected chi connectivity index (χ4v) is 4.45. The molecule has 0 aliphatic rings. The lowest BCUT2D eigenvalue weighted by Crippen LogP contribution is -2.49. The van der Waals surface area contributed by atoms with E-state index in [4.69, 9.17) is 4.74 Å². The van der Waals surface area contributed by atoms with E-state index in [1.54, 1.807) is 31.2 Å². The summed E-state index contributed by atoms with van der Waals surface area (Å²) in [6.45, 7) is 5.77. The normalized spacial score (nSPS) is 13.4. The number of hydrogen-bond acceptors (Lipinski definition) is 4. The Balaban J connectivity index is 2.29. The maximum atomic E-state index is 13.0. The Morgan fingerprint density at radius 2 is 1.79 bits per heavy atom. The lowest BCUT2D eigenvalue weighted by atomic mass is 10.0. The minimum absolute atomic E-state index is 0.242. The highest BCUT2D eigenvalue weighted by atomic mass is 32.2. The summed E-state index contributed by atoms with van der Waals surface area (Å²) in [5, 5.41) is 2.96. The standard InChI is InChI=1S/C22H30N2O4S/c1-6-17-11-13-18(14-12-17)16(3)23-22(25)21(7-2)24(29(5,26)27)19-9-8-10-20(15-19)28-4/h8-16,21H,6-7H2,1-5H3,(H,23,25). The van der Waals surface area contributed by atoms with Crippen LogP contribution in [0.15, 0.2) is 48.5 Å². The van der Waals surface area contributed by atoms with Crippen LogP contribution in [0.5, 0.6) is 5.75 Å². The van der Waals surface area contributed by atoms with E-state index in [-0.39, 0.29) is 11.9 Å². The molecule has 0 spiro atoms. The molecule has 0 bridgehead atoms. The molecule has 2 aromatic carbocycles. The zero-order valence-electron chi connectivity index (χ0n) is 17.7. The highest BCUT2D eigenvalue weighted by Crippen LogP contribution is 2.27. The van der Waals surface area contributed by atoms with Crippen LogP contribution in [0.2, 0.25) is 0 Å². The molecule has 0 saturated heterocycles. The van der Waals surface area contributed by atoms with Gasteiger partial charge in [0.1, 0.15) is 11.8 Å². The van der Waals surface area contributed by atoms with Crippen molar-refractivity contribution in [3.8, 4) is 5.75 Å². The molecule has 2 unspecified atom stereocenters. The Bertz CT molecular complexity index is 926. The number of anilines is 1. The topological polar surface area (TPSA) is 75.7 Å². The summed E-state index contributed by atoms with van der Waals surface area (Å²) in [6, 6.07) is 13.6. The molecule has 1 N–H and O–H groups in total. The third-order valence-corrected chi connectivity index (χ3v) is 6.06. The van der Waals surface area contributed by atoms with Crippen molar-refractivity contribution in [2.45, 2.75) is 45.7 Å². The number of nitrogens with one attached hydrogen (secondary N) is 1. The van der Waals surface area contributed by atoms with Crippen molar-refractivity contribution in [3.05, 3.63) is 59.7 Å². The first-order chi connectivity index (χ1) is 13.7. The number of ether oxygens (including phenoxy) is 1. The number of methoxy groups -OCH3 is 1. The number of nitrogens with zero attached hydrogens (tertiary/aromatic N) is 1. The molecule has 2 aromatic rings. The fraction of sp³-hybridized carbons (Fsp3) is 0.409. The molecular weight excluding hydrogens is 388 g/mol. The fourth-order valence-electron chi connectivity index (χ4n) is 3.24. The average molecular weight is 419 g/mol. The Kier molecular flexibility index (Phi) is 7.67. The molecule has 0 radical (unpaired) electrons. The van der Waals surface area contributed by atoms with E-state index in [0.717, 1.165) is 22.5 Å². The number of carbonyl (C=O) groups is 1. The van der Waals surface area contributed by atoms with Crippen LogP contribution in [-0.2, 0) is 21.2 Å². The van der Waals surface area contributed by atoms with Crippen LogP contribution >= 0.6 is 0 Å². The van der Waals surface area contributed by atoms with Crippen LogP contribution in [0.1, 0.15) is 44.4 Å². The van der Waals surface area contributed by atoms with Gasteiger partial charge >= 0.3 is 0 Å². The van der Waals surface area contributed by atoms with Gasteiger partial charge in [0.25, 0.3) is 0 Å². The van der Waals surface area contributed by atoms with Crippen molar-refractivity contribution in [1.29, 1.82) is 0 Å². The molecule has 6 nitrogen and oxygen atoms in total. The molecule has 29 heavy (non-hydrogen) atoms. The van der Waals surface area contributed by atoms with Gasteiger partial charge in [0.15, 0.2) is 0 Å². The van der Waals surface area contributed by atoms with Crippen molar-refractivity contribution in [1.82, 2.24) is 5.32 Å². The predicted octanol–water partition coefficient (Wildman–Crippen LogP) is 3.68. The number of hydrogen-bond donors (Lipinski definition) is 1. The number of rotatable bonds is 9. The first-order valence-electron chi connectivity index (χ1n) is 9.73. The van der Waals surface area contributed by atoms with E-state index >= 15 is 0 Å². The molecule has 0 saturated carbocycles. The second-order valence-electron chi connectivity index (χ2n) is 7.01. The lowest BCUT2D eigenvalue weighted by molar-refractivity contribution is -0.122. The van der Waals surface area contributed by atoms with Gasteiger partial charge in [0.05, 0.1) is 25.1 Å². The highest BCUT2D eigenvalue weighted by molar-refractivity contribution is 7.92. The van der Waals surface area contributed by atoms with Crippen molar-refractivity contribution >= 4 is 21.6 Å². The lowest BCUT2D eigenvalue weighted by Gasteiger charge is -2.31. The van der Waals surface area contributed by atoms with E-state index in [9.17, 15) is 13.2 Å². The Labute approximate surface area is 173 Å². The van der Waals surface area contributed by atoms with Gasteiger partial charge in [-0.3, -0.25) is 9.10 Å². The largest absolute Gasteiger partial charge is 0.497 e. The SMILES string of the molecule is CCc1ccc(C(C)NC(=O)C(CC)N(c2cccc(OC)c2)S(C)(=O)=O)cc1. The highest BCUT2D eigenvalue weighted by Gasteiger charge is 2.32. The number of sulfonamides is 1. The van der Waals surface area contributed by atoms with Crippen molar-refractivity contribution in [2.24, 2.45) is 0 Å². The van der Waals surface area contributed by atoms with Gasteiger partial charge in [-0.15, -0.1) is 0 Å². The molecule has 2 rings (SSSR count). The van der Waals surface area contributed by atoms with Crippen LogP contribution < -0.4 is 14.4 Å². The smallest absolute Gasteiger partial charge is 0.244 e. The van der Waals surface area contributed by atoms with Crippen LogP contribution in [0, 0.1) is 0 Å². The van der Waals surface area contributed by atoms with Crippen molar-refractivity contribution in [3.63, 3.8) is 0 Å². The molecule has 2 atom stereocenters. The third-order valence-electron chi connectivity index (χ3n) is 4.88. The van der Waals surface area contributed by atoms with Crippen LogP contribution in [0.3, 0.4) is 0 Å². The average Bonchev–Trinajstić information content (AvgIpc) is 2.70. The summed E-state index contributed by atoms with van der Waals surface area (Å²) in [7, 11) is -2.18. The van der Waals surface area contributed by atoms with Crippen LogP contribution in [0.25, 0.3) is 0 Å². The van der Waals surface area contributed by atoms with Crippen LogP contribution in [-0.4, -0.2) is 33.7 Å². The van der Waals surface area contributed by atoms with Gasteiger partial charge in [0, 0.05) is 6.07 Å². The molecule has 0 aliphatic heterocycles. The third kappa shape index (κ3) is 5.73. The summed E-state index contributed by atoms with van der Waals surface area (Å²) < 4.78 is 31.5. The molecule has 158 valence electrons. The van der Waals surface area contributed by atoms with Crippen molar-refractivity contribution in [2.75, 3.05) is 17.7 Å². The monoisotopic (exact) mass is 418 g/mol. The summed E-state index contributed by atoms with van der Waals surface area (Å²) in [6.07, 6.45) is 2.38. The molecule has 0 aromatic heterocycles. The van der Waals surface area contributed by atoms with Gasteiger partial charge in [-0.25, -0.2) is 8.42 Å². The molecular formula is C22H30N2O4S. The van der Waals surface area contributed by atoms with E-state index in [1.807, 2.05) is 31.2 Å². The molecule has 0 aliphatic carbocycles. The molecule has 0 heterocycles. The summed E-state index contributed by atoms with van der Waals surface area (Å²) in [4.78, 5) is 13.0. The minimum Gasteiger partial charge on any atom is -0.497 e. The van der Waals surface area contributed by atoms with Crippen LogP contribution in [0.4, 0.5) is 5.69 Å². The van der Waals surface area contributed by atoms with Gasteiger partial charge < -0.3 is 10.1 Å². The minimum atomic E-state index is -3.69. The summed E-state index contributed by atoms with van der Waals surface area (Å²) in [5.74, 6) is 0.184. The Hall–Kier alpha value is -2.54. The number of benzene rings is 2. The van der Waals surface area contributed by atoms with Crippen molar-refractivity contribution < 1.29 is 17.9 Å². The predicted molar refractivity (Wildman–Crippen MR) is 117 cm³/mol.